The van der Waals surface area contributed by atoms with E-state index in [-0.39, 0.29) is 0 Å². The zero-order chi connectivity index (χ0) is 34.3. The van der Waals surface area contributed by atoms with Gasteiger partial charge in [0.1, 0.15) is 5.82 Å². The number of hydrogen-bond acceptors (Lipinski definition) is 3. The van der Waals surface area contributed by atoms with Crippen LogP contribution in [0.15, 0.2) is 152 Å². The van der Waals surface area contributed by atoms with Gasteiger partial charge in [-0.1, -0.05) is 129 Å². The Morgan fingerprint density at radius 3 is 1.92 bits per heavy atom. The van der Waals surface area contributed by atoms with Crippen molar-refractivity contribution < 1.29 is 0 Å². The summed E-state index contributed by atoms with van der Waals surface area (Å²) in [5.74, 6) is 1.65. The third kappa shape index (κ3) is 6.48. The van der Waals surface area contributed by atoms with E-state index in [0.717, 1.165) is 33.6 Å². The number of fused-ring (bicyclic) bond motifs is 7. The van der Waals surface area contributed by atoms with Crippen LogP contribution < -0.4 is 0 Å². The first kappa shape index (κ1) is 33.3. The first-order valence-electron chi connectivity index (χ1n) is 16.8. The molecule has 49 heavy (non-hydrogen) atoms. The van der Waals surface area contributed by atoms with E-state index in [1.54, 1.807) is 6.08 Å². The van der Waals surface area contributed by atoms with Crippen LogP contribution in [0.4, 0.5) is 0 Å². The molecule has 0 N–H and O–H groups in total. The van der Waals surface area contributed by atoms with Crippen molar-refractivity contribution in [1.29, 1.82) is 0 Å². The molecule has 0 aliphatic heterocycles. The fourth-order valence-corrected chi connectivity index (χ4v) is 7.43. The van der Waals surface area contributed by atoms with Gasteiger partial charge in [-0.15, -0.1) is 17.9 Å². The summed E-state index contributed by atoms with van der Waals surface area (Å²) >= 11 is 1.89. The van der Waals surface area contributed by atoms with E-state index < -0.39 is 0 Å². The minimum absolute atomic E-state index is 0.739. The molecule has 9 rings (SSSR count). The van der Waals surface area contributed by atoms with Crippen LogP contribution in [0, 0.1) is 13.8 Å². The van der Waals surface area contributed by atoms with Gasteiger partial charge in [0.25, 0.3) is 0 Å². The molecule has 0 fully saturated rings. The van der Waals surface area contributed by atoms with Gasteiger partial charge in [0.2, 0.25) is 0 Å². The summed E-state index contributed by atoms with van der Waals surface area (Å²) < 4.78 is 5.10. The van der Waals surface area contributed by atoms with Crippen molar-refractivity contribution in [3.8, 4) is 17.2 Å². The van der Waals surface area contributed by atoms with Crippen molar-refractivity contribution in [3.63, 3.8) is 0 Å². The third-order valence-corrected chi connectivity index (χ3v) is 9.66. The zero-order valence-electron chi connectivity index (χ0n) is 28.8. The Balaban J connectivity index is 0.000000182. The summed E-state index contributed by atoms with van der Waals surface area (Å²) in [7, 11) is 0. The molecule has 0 aliphatic carbocycles. The lowest BCUT2D eigenvalue weighted by molar-refractivity contribution is 1.07. The minimum atomic E-state index is 0.739. The van der Waals surface area contributed by atoms with Crippen molar-refractivity contribution in [3.05, 3.63) is 163 Å². The average Bonchev–Trinajstić information content (AvgIpc) is 3.71. The van der Waals surface area contributed by atoms with E-state index in [1.807, 2.05) is 56.4 Å². The van der Waals surface area contributed by atoms with E-state index in [2.05, 4.69) is 140 Å². The summed E-state index contributed by atoms with van der Waals surface area (Å²) in [5, 5.41) is 6.34. The predicted molar refractivity (Wildman–Crippen MR) is 215 cm³/mol. The fourth-order valence-electron chi connectivity index (χ4n) is 6.26. The molecule has 0 saturated heterocycles. The van der Waals surface area contributed by atoms with Gasteiger partial charge < -0.3 is 0 Å². The van der Waals surface area contributed by atoms with Gasteiger partial charge in [-0.05, 0) is 62.2 Å². The molecule has 3 aromatic heterocycles. The van der Waals surface area contributed by atoms with Crippen LogP contribution >= 0.6 is 11.3 Å². The Labute approximate surface area is 292 Å². The number of para-hydroxylation sites is 2. The number of rotatable bonds is 2. The molecule has 0 atom stereocenters. The van der Waals surface area contributed by atoms with Gasteiger partial charge in [-0.3, -0.25) is 4.57 Å². The molecular formula is C45H41N3S. The quantitative estimate of drug-likeness (QED) is 0.174. The van der Waals surface area contributed by atoms with Crippen molar-refractivity contribution in [2.45, 2.75) is 34.6 Å². The van der Waals surface area contributed by atoms with Gasteiger partial charge in [-0.25, -0.2) is 9.97 Å². The van der Waals surface area contributed by atoms with E-state index in [9.17, 15) is 0 Å². The Kier molecular flexibility index (Phi) is 10.3. The average molecular weight is 656 g/mol. The lowest BCUT2D eigenvalue weighted by Gasteiger charge is -2.12. The molecule has 0 radical (unpaired) electrons. The highest BCUT2D eigenvalue weighted by Gasteiger charge is 2.18. The molecule has 0 aliphatic rings. The first-order valence-corrected chi connectivity index (χ1v) is 17.7. The monoisotopic (exact) mass is 655 g/mol. The Hall–Kier alpha value is -5.58. The molecule has 0 unspecified atom stereocenters. The van der Waals surface area contributed by atoms with Crippen LogP contribution in [0.25, 0.3) is 70.1 Å². The molecule has 0 saturated carbocycles. The number of allylic oxidation sites excluding steroid dienone is 1. The number of benzene rings is 6. The van der Waals surface area contributed by atoms with E-state index in [0.29, 0.717) is 0 Å². The van der Waals surface area contributed by atoms with Crippen molar-refractivity contribution in [2.24, 2.45) is 0 Å². The molecule has 9 aromatic rings. The standard InChI is InChI=1S/C27H19N3.C13H10S.C3H6.C2H6/c1-18-10-9-17-24-25(18)21-14-6-8-16-23(21)30(24)27-20-13-5-7-15-22(20)28-26(29-27)19-11-3-2-4-12-19;1-9-5-4-7-11-10-6-2-3-8-12(10)14-13(9)11;1-3-2;1-2/h2-17H,1H3;2-8H,1H3;3H,1H2,2H3;1-2H3. The summed E-state index contributed by atoms with van der Waals surface area (Å²) in [5.41, 5.74) is 6.93. The van der Waals surface area contributed by atoms with E-state index >= 15 is 0 Å². The minimum Gasteiger partial charge on any atom is -0.293 e. The molecule has 3 heterocycles. The van der Waals surface area contributed by atoms with Crippen LogP contribution in [0.3, 0.4) is 0 Å². The van der Waals surface area contributed by atoms with Crippen molar-refractivity contribution >= 4 is 64.2 Å². The molecule has 0 bridgehead atoms. The maximum atomic E-state index is 5.10. The molecule has 6 aromatic carbocycles. The van der Waals surface area contributed by atoms with Crippen LogP contribution in [0.1, 0.15) is 31.9 Å². The van der Waals surface area contributed by atoms with Crippen molar-refractivity contribution in [1.82, 2.24) is 14.5 Å². The normalized spacial score (nSPS) is 10.6. The summed E-state index contributed by atoms with van der Waals surface area (Å²) in [6.07, 6.45) is 1.75. The smallest absolute Gasteiger partial charge is 0.162 e. The number of hydrogen-bond donors (Lipinski definition) is 0. The van der Waals surface area contributed by atoms with Crippen molar-refractivity contribution in [2.75, 3.05) is 0 Å². The lowest BCUT2D eigenvalue weighted by atomic mass is 10.1. The second-order valence-corrected chi connectivity index (χ2v) is 12.6. The largest absolute Gasteiger partial charge is 0.293 e. The van der Waals surface area contributed by atoms with Gasteiger partial charge in [0.05, 0.1) is 16.6 Å². The van der Waals surface area contributed by atoms with Gasteiger partial charge in [-0.2, -0.15) is 0 Å². The molecule has 3 nitrogen and oxygen atoms in total. The molecule has 0 spiro atoms. The first-order chi connectivity index (χ1) is 24.1. The zero-order valence-corrected chi connectivity index (χ0v) is 29.6. The van der Waals surface area contributed by atoms with E-state index in [4.69, 9.17) is 9.97 Å². The van der Waals surface area contributed by atoms with Gasteiger partial charge in [0.15, 0.2) is 5.82 Å². The molecule has 4 heteroatoms. The number of aromatic nitrogens is 3. The highest BCUT2D eigenvalue weighted by molar-refractivity contribution is 7.26. The number of thiophene rings is 1. The van der Waals surface area contributed by atoms with E-state index in [1.165, 1.54) is 47.6 Å². The number of nitrogens with zero attached hydrogens (tertiary/aromatic N) is 3. The SMILES string of the molecule is C=CC.CC.Cc1cccc2c1c1ccccc1n2-c1nc(-c2ccccc2)nc2ccccc12.Cc1cccc2c1sc1ccccc12. The predicted octanol–water partition coefficient (Wildman–Crippen LogP) is 13.3. The Bertz CT molecular complexity index is 2520. The summed E-state index contributed by atoms with van der Waals surface area (Å²) in [4.78, 5) is 9.96. The van der Waals surface area contributed by atoms with Gasteiger partial charge >= 0.3 is 0 Å². The van der Waals surface area contributed by atoms with Crippen LogP contribution in [0.5, 0.6) is 0 Å². The maximum Gasteiger partial charge on any atom is 0.162 e. The number of aryl methyl sites for hydroxylation is 2. The third-order valence-electron chi connectivity index (χ3n) is 8.33. The second-order valence-electron chi connectivity index (χ2n) is 11.5. The molecule has 0 amide bonds. The Morgan fingerprint density at radius 2 is 1.14 bits per heavy atom. The lowest BCUT2D eigenvalue weighted by Crippen LogP contribution is -2.02. The van der Waals surface area contributed by atoms with Gasteiger partial charge in [0, 0.05) is 41.9 Å². The topological polar surface area (TPSA) is 30.7 Å². The fraction of sp³-hybridized carbons (Fsp3) is 0.111. The van der Waals surface area contributed by atoms with Crippen LogP contribution in [-0.2, 0) is 0 Å². The molecular weight excluding hydrogens is 615 g/mol. The maximum absolute atomic E-state index is 5.10. The summed E-state index contributed by atoms with van der Waals surface area (Å²) in [6, 6.07) is 48.6. The molecule has 242 valence electrons. The Morgan fingerprint density at radius 1 is 0.571 bits per heavy atom. The van der Waals surface area contributed by atoms with Crippen LogP contribution in [-0.4, -0.2) is 14.5 Å². The second kappa shape index (κ2) is 15.1. The summed E-state index contributed by atoms with van der Waals surface area (Å²) in [6.45, 7) is 13.6. The highest BCUT2D eigenvalue weighted by atomic mass is 32.1. The highest BCUT2D eigenvalue weighted by Crippen LogP contribution is 2.37. The van der Waals surface area contributed by atoms with Crippen LogP contribution in [0.2, 0.25) is 0 Å².